The van der Waals surface area contributed by atoms with Gasteiger partial charge in [-0.25, -0.2) is 9.18 Å². The van der Waals surface area contributed by atoms with Crippen molar-refractivity contribution in [2.45, 2.75) is 60.6 Å². The Morgan fingerprint density at radius 1 is 0.706 bits per heavy atom. The number of alkyl halides is 17. The molecule has 0 saturated carbocycles. The first-order valence-electron chi connectivity index (χ1n) is 7.69. The zero-order chi connectivity index (χ0) is 28.1. The quantitative estimate of drug-likeness (QED) is 0.161. The Bertz CT molecular complexity index is 788. The minimum Gasteiger partial charge on any atom is -0.426 e. The molecule has 0 aliphatic rings. The molecule has 20 heteroatoms. The van der Waals surface area contributed by atoms with Crippen molar-refractivity contribution in [1.82, 2.24) is 0 Å². The Morgan fingerprint density at radius 2 is 1.00 bits per heavy atom. The van der Waals surface area contributed by atoms with E-state index in [1.165, 1.54) is 0 Å². The Kier molecular flexibility index (Phi) is 8.07. The van der Waals surface area contributed by atoms with Crippen LogP contribution < -0.4 is 0 Å². The monoisotopic (exact) mass is 548 g/mol. The molecular formula is C14H9F17O3. The smallest absolute Gasteiger partial charge is 0.385 e. The predicted octanol–water partition coefficient (Wildman–Crippen LogP) is 5.48. The summed E-state index contributed by atoms with van der Waals surface area (Å²) < 4.78 is 228. The van der Waals surface area contributed by atoms with Crippen LogP contribution in [0.25, 0.3) is 0 Å². The van der Waals surface area contributed by atoms with E-state index in [0.29, 0.717) is 6.92 Å². The highest BCUT2D eigenvalue weighted by molar-refractivity contribution is 5.87. The normalized spacial score (nSPS) is 16.3. The molecule has 0 radical (unpaired) electrons. The zero-order valence-electron chi connectivity index (χ0n) is 15.7. The summed E-state index contributed by atoms with van der Waals surface area (Å²) >= 11 is 0. The standard InChI is InChI=1S/C14H9F17O3/c1-4(2)5(32)34-6(33)8(18,19)10(22,23)12(26,27)14(30,31)13(28,29)11(24,25)9(20,21)7(16,17)3-15/h6,33H,1,3H2,2H3. The van der Waals surface area contributed by atoms with Crippen LogP contribution in [0.4, 0.5) is 74.6 Å². The summed E-state index contributed by atoms with van der Waals surface area (Å²) in [5, 5.41) is 8.70. The van der Waals surface area contributed by atoms with E-state index in [9.17, 15) is 79.4 Å². The van der Waals surface area contributed by atoms with E-state index in [4.69, 9.17) is 5.11 Å². The van der Waals surface area contributed by atoms with E-state index in [2.05, 4.69) is 11.3 Å². The Labute approximate surface area is 176 Å². The van der Waals surface area contributed by atoms with Gasteiger partial charge in [-0.3, -0.25) is 0 Å². The molecule has 1 N–H and O–H groups in total. The Morgan fingerprint density at radius 3 is 1.29 bits per heavy atom. The first-order chi connectivity index (χ1) is 14.6. The third kappa shape index (κ3) is 4.14. The molecule has 3 nitrogen and oxygen atoms in total. The lowest BCUT2D eigenvalue weighted by Gasteiger charge is -2.43. The Balaban J connectivity index is 6.74. The summed E-state index contributed by atoms with van der Waals surface area (Å²) in [4.78, 5) is 10.9. The van der Waals surface area contributed by atoms with Crippen molar-refractivity contribution >= 4 is 5.97 Å². The molecule has 0 aliphatic heterocycles. The number of rotatable bonds is 11. The van der Waals surface area contributed by atoms with Gasteiger partial charge >= 0.3 is 53.3 Å². The molecule has 0 heterocycles. The van der Waals surface area contributed by atoms with Crippen molar-refractivity contribution in [2.24, 2.45) is 0 Å². The fourth-order valence-electron chi connectivity index (χ4n) is 1.74. The second-order valence-corrected chi connectivity index (χ2v) is 6.45. The molecule has 0 aromatic rings. The van der Waals surface area contributed by atoms with Gasteiger partial charge in [-0.2, -0.15) is 70.2 Å². The van der Waals surface area contributed by atoms with Crippen LogP contribution in [0.3, 0.4) is 0 Å². The summed E-state index contributed by atoms with van der Waals surface area (Å²) in [5.74, 6) is -67.2. The molecule has 0 rings (SSSR count). The van der Waals surface area contributed by atoms with Crippen molar-refractivity contribution in [3.63, 3.8) is 0 Å². The van der Waals surface area contributed by atoms with Gasteiger partial charge in [0.2, 0.25) is 0 Å². The lowest BCUT2D eigenvalue weighted by Crippen LogP contribution is -2.75. The third-order valence-corrected chi connectivity index (χ3v) is 3.89. The summed E-state index contributed by atoms with van der Waals surface area (Å²) in [6, 6.07) is 0. The molecule has 0 bridgehead atoms. The molecule has 1 unspecified atom stereocenters. The number of hydrogen-bond donors (Lipinski definition) is 1. The molecule has 0 aromatic carbocycles. The highest BCUT2D eigenvalue weighted by atomic mass is 19.4. The van der Waals surface area contributed by atoms with Crippen molar-refractivity contribution in [2.75, 3.05) is 6.67 Å². The van der Waals surface area contributed by atoms with Gasteiger partial charge in [-0.05, 0) is 6.92 Å². The second-order valence-electron chi connectivity index (χ2n) is 6.45. The van der Waals surface area contributed by atoms with E-state index in [1.54, 1.807) is 0 Å². The summed E-state index contributed by atoms with van der Waals surface area (Å²) in [7, 11) is 0. The fraction of sp³-hybridized carbons (Fsp3) is 0.786. The van der Waals surface area contributed by atoms with Gasteiger partial charge in [0.15, 0.2) is 6.67 Å². The van der Waals surface area contributed by atoms with Crippen LogP contribution in [0.5, 0.6) is 0 Å². The van der Waals surface area contributed by atoms with Crippen molar-refractivity contribution in [3.05, 3.63) is 12.2 Å². The number of carbonyl (C=O) groups excluding carboxylic acids is 1. The van der Waals surface area contributed by atoms with Gasteiger partial charge in [-0.15, -0.1) is 0 Å². The van der Waals surface area contributed by atoms with Crippen molar-refractivity contribution < 1.29 is 89.3 Å². The van der Waals surface area contributed by atoms with Gasteiger partial charge in [-0.1, -0.05) is 6.58 Å². The minimum atomic E-state index is -8.75. The number of halogens is 17. The van der Waals surface area contributed by atoms with Gasteiger partial charge in [0.25, 0.3) is 6.29 Å². The summed E-state index contributed by atoms with van der Waals surface area (Å²) in [6.45, 7) is -0.803. The molecule has 0 fully saturated rings. The first-order valence-corrected chi connectivity index (χ1v) is 7.69. The molecular weight excluding hydrogens is 539 g/mol. The average molecular weight is 548 g/mol. The van der Waals surface area contributed by atoms with Crippen LogP contribution in [0.2, 0.25) is 0 Å². The summed E-state index contributed by atoms with van der Waals surface area (Å²) in [6.07, 6.45) is -4.89. The molecule has 0 aliphatic carbocycles. The average Bonchev–Trinajstić information content (AvgIpc) is 2.66. The molecule has 0 spiro atoms. The van der Waals surface area contributed by atoms with Crippen LogP contribution in [-0.2, 0) is 9.53 Å². The number of aliphatic hydroxyl groups is 1. The largest absolute Gasteiger partial charge is 0.426 e. The van der Waals surface area contributed by atoms with E-state index >= 15 is 0 Å². The third-order valence-electron chi connectivity index (χ3n) is 3.89. The van der Waals surface area contributed by atoms with Gasteiger partial charge in [0.05, 0.1) is 0 Å². The highest BCUT2D eigenvalue weighted by Gasteiger charge is 2.95. The van der Waals surface area contributed by atoms with Crippen LogP contribution in [0.15, 0.2) is 12.2 Å². The fourth-order valence-corrected chi connectivity index (χ4v) is 1.74. The summed E-state index contributed by atoms with van der Waals surface area (Å²) in [5.41, 5.74) is -1.03. The van der Waals surface area contributed by atoms with Crippen LogP contribution in [0, 0.1) is 0 Å². The lowest BCUT2D eigenvalue weighted by atomic mass is 9.87. The first kappa shape index (κ1) is 32.0. The van der Waals surface area contributed by atoms with Gasteiger partial charge in [0, 0.05) is 5.57 Å². The number of aliphatic hydroxyl groups excluding tert-OH is 1. The molecule has 202 valence electrons. The number of carbonyl (C=O) groups is 1. The SMILES string of the molecule is C=C(C)C(=O)OC(O)C(F)(F)C(F)(F)C(F)(F)C(F)(F)C(F)(F)C(F)(F)C(F)(F)C(F)(F)CF. The second kappa shape index (κ2) is 8.58. The molecule has 0 aromatic heterocycles. The topological polar surface area (TPSA) is 46.5 Å². The molecule has 34 heavy (non-hydrogen) atoms. The van der Waals surface area contributed by atoms with E-state index in [0.717, 1.165) is 0 Å². The predicted molar refractivity (Wildman–Crippen MR) is 72.5 cm³/mol. The van der Waals surface area contributed by atoms with E-state index in [-0.39, 0.29) is 0 Å². The maximum atomic E-state index is 13.6. The van der Waals surface area contributed by atoms with Crippen molar-refractivity contribution in [1.29, 1.82) is 0 Å². The number of ether oxygens (including phenoxy) is 1. The van der Waals surface area contributed by atoms with Crippen molar-refractivity contribution in [3.8, 4) is 0 Å². The molecule has 1 atom stereocenters. The van der Waals surface area contributed by atoms with Gasteiger partial charge < -0.3 is 9.84 Å². The zero-order valence-corrected chi connectivity index (χ0v) is 15.7. The maximum Gasteiger partial charge on any atom is 0.385 e. The van der Waals surface area contributed by atoms with E-state index < -0.39 is 71.9 Å². The van der Waals surface area contributed by atoms with Crippen LogP contribution in [0.1, 0.15) is 6.92 Å². The van der Waals surface area contributed by atoms with Crippen LogP contribution >= 0.6 is 0 Å². The van der Waals surface area contributed by atoms with Crippen LogP contribution in [-0.4, -0.2) is 71.4 Å². The lowest BCUT2D eigenvalue weighted by molar-refractivity contribution is -0.460. The van der Waals surface area contributed by atoms with Gasteiger partial charge in [0.1, 0.15) is 0 Å². The van der Waals surface area contributed by atoms with E-state index in [1.807, 2.05) is 0 Å². The molecule has 0 amide bonds. The minimum absolute atomic E-state index is 0.560. The number of hydrogen-bond acceptors (Lipinski definition) is 3. The molecule has 0 saturated heterocycles. The maximum absolute atomic E-state index is 13.6. The Hall–Kier alpha value is -2.02. The number of esters is 1. The highest BCUT2D eigenvalue weighted by Crippen LogP contribution is 2.64.